The molecule has 0 fully saturated rings. The van der Waals surface area contributed by atoms with Crippen LogP contribution in [0, 0.1) is 6.92 Å². The van der Waals surface area contributed by atoms with Crippen LogP contribution in [0.25, 0.3) is 0 Å². The number of aliphatic carboxylic acids is 1. The number of halogens is 1. The van der Waals surface area contributed by atoms with E-state index in [0.717, 1.165) is 11.1 Å². The Kier molecular flexibility index (Phi) is 4.12. The number of benzene rings is 1. The lowest BCUT2D eigenvalue weighted by molar-refractivity contribution is -0.137. The molecule has 0 heterocycles. The van der Waals surface area contributed by atoms with Crippen molar-refractivity contribution in [3.05, 3.63) is 34.3 Å². The van der Waals surface area contributed by atoms with Gasteiger partial charge in [-0.15, -0.1) is 0 Å². The third-order valence-corrected chi connectivity index (χ3v) is 2.79. The minimum atomic E-state index is -0.829. The van der Waals surface area contributed by atoms with Crippen LogP contribution in [-0.4, -0.2) is 11.1 Å². The van der Waals surface area contributed by atoms with Crippen molar-refractivity contribution in [2.75, 3.05) is 0 Å². The Hall–Kier alpha value is -1.06. The molecule has 15 heavy (non-hydrogen) atoms. The summed E-state index contributed by atoms with van der Waals surface area (Å²) in [6.07, 6.45) is 0.504. The number of nitrogens with two attached hydrogens (primary N) is 1. The predicted molar refractivity (Wildman–Crippen MR) is 60.0 cm³/mol. The summed E-state index contributed by atoms with van der Waals surface area (Å²) in [7, 11) is 0. The van der Waals surface area contributed by atoms with Gasteiger partial charge < -0.3 is 10.8 Å². The molecular formula is C11H14ClNO2. The van der Waals surface area contributed by atoms with Crippen molar-refractivity contribution in [2.24, 2.45) is 5.73 Å². The molecule has 1 aromatic carbocycles. The zero-order valence-corrected chi connectivity index (χ0v) is 9.29. The summed E-state index contributed by atoms with van der Waals surface area (Å²) in [6.45, 7) is 1.89. The molecule has 1 atom stereocenters. The van der Waals surface area contributed by atoms with E-state index >= 15 is 0 Å². The van der Waals surface area contributed by atoms with Gasteiger partial charge in [0.2, 0.25) is 0 Å². The van der Waals surface area contributed by atoms with Gasteiger partial charge in [-0.3, -0.25) is 4.79 Å². The highest BCUT2D eigenvalue weighted by atomic mass is 35.5. The average molecular weight is 228 g/mol. The number of hydrogen-bond donors (Lipinski definition) is 2. The Morgan fingerprint density at radius 1 is 1.60 bits per heavy atom. The fraction of sp³-hybridized carbons (Fsp3) is 0.364. The molecule has 0 saturated heterocycles. The highest BCUT2D eigenvalue weighted by Crippen LogP contribution is 2.25. The highest BCUT2D eigenvalue weighted by molar-refractivity contribution is 6.31. The van der Waals surface area contributed by atoms with Crippen LogP contribution >= 0.6 is 11.6 Å². The van der Waals surface area contributed by atoms with E-state index in [-0.39, 0.29) is 12.5 Å². The van der Waals surface area contributed by atoms with E-state index in [1.54, 1.807) is 6.07 Å². The van der Waals surface area contributed by atoms with E-state index in [1.807, 2.05) is 19.1 Å². The fourth-order valence-electron chi connectivity index (χ4n) is 1.46. The molecule has 1 aromatic rings. The lowest BCUT2D eigenvalue weighted by Gasteiger charge is -2.14. The van der Waals surface area contributed by atoms with E-state index in [9.17, 15) is 4.79 Å². The van der Waals surface area contributed by atoms with Crippen LogP contribution in [0.15, 0.2) is 18.2 Å². The second-order valence-electron chi connectivity index (χ2n) is 3.49. The number of carboxylic acid groups (broad SMARTS) is 1. The third-order valence-electron chi connectivity index (χ3n) is 2.38. The largest absolute Gasteiger partial charge is 0.481 e. The van der Waals surface area contributed by atoms with Crippen LogP contribution in [-0.2, 0) is 4.79 Å². The normalized spacial score (nSPS) is 12.5. The molecule has 3 nitrogen and oxygen atoms in total. The summed E-state index contributed by atoms with van der Waals surface area (Å²) in [5, 5.41) is 9.22. The molecule has 0 amide bonds. The molecule has 82 valence electrons. The number of carbonyl (C=O) groups is 1. The maximum atomic E-state index is 10.4. The molecule has 0 aliphatic heterocycles. The summed E-state index contributed by atoms with van der Waals surface area (Å²) in [6, 6.07) is 5.24. The zero-order valence-electron chi connectivity index (χ0n) is 8.53. The van der Waals surface area contributed by atoms with Crippen molar-refractivity contribution in [3.8, 4) is 0 Å². The average Bonchev–Trinajstić information content (AvgIpc) is 2.18. The minimum absolute atomic E-state index is 0.0765. The molecule has 0 aromatic heterocycles. The van der Waals surface area contributed by atoms with Crippen LogP contribution < -0.4 is 5.73 Å². The van der Waals surface area contributed by atoms with E-state index < -0.39 is 5.97 Å². The first-order valence-corrected chi connectivity index (χ1v) is 5.12. The van der Waals surface area contributed by atoms with Gasteiger partial charge in [-0.2, -0.15) is 0 Å². The summed E-state index contributed by atoms with van der Waals surface area (Å²) >= 11 is 5.95. The Morgan fingerprint density at radius 2 is 2.27 bits per heavy atom. The molecule has 0 bridgehead atoms. The molecule has 0 radical (unpaired) electrons. The van der Waals surface area contributed by atoms with Gasteiger partial charge >= 0.3 is 5.97 Å². The number of rotatable bonds is 4. The van der Waals surface area contributed by atoms with Crippen molar-refractivity contribution in [3.63, 3.8) is 0 Å². The summed E-state index contributed by atoms with van der Waals surface area (Å²) < 4.78 is 0. The molecule has 1 rings (SSSR count). The Morgan fingerprint density at radius 3 is 2.87 bits per heavy atom. The van der Waals surface area contributed by atoms with E-state index in [1.165, 1.54) is 0 Å². The Labute approximate surface area is 93.9 Å². The Balaban J connectivity index is 2.77. The highest BCUT2D eigenvalue weighted by Gasteiger charge is 2.11. The molecule has 3 N–H and O–H groups in total. The van der Waals surface area contributed by atoms with Gasteiger partial charge in [0, 0.05) is 17.5 Å². The maximum Gasteiger partial charge on any atom is 0.303 e. The molecular weight excluding hydrogens is 214 g/mol. The summed E-state index contributed by atoms with van der Waals surface area (Å²) in [5.74, 6) is -0.829. The van der Waals surface area contributed by atoms with Gasteiger partial charge in [0.15, 0.2) is 0 Å². The number of hydrogen-bond acceptors (Lipinski definition) is 2. The minimum Gasteiger partial charge on any atom is -0.481 e. The van der Waals surface area contributed by atoms with Crippen molar-refractivity contribution in [2.45, 2.75) is 25.8 Å². The lowest BCUT2D eigenvalue weighted by Crippen LogP contribution is -2.13. The molecule has 4 heteroatoms. The molecule has 0 saturated carbocycles. The lowest BCUT2D eigenvalue weighted by atomic mass is 9.98. The molecule has 1 unspecified atom stereocenters. The first-order chi connectivity index (χ1) is 7.02. The van der Waals surface area contributed by atoms with Crippen molar-refractivity contribution in [1.82, 2.24) is 0 Å². The summed E-state index contributed by atoms with van der Waals surface area (Å²) in [5.41, 5.74) is 7.74. The van der Waals surface area contributed by atoms with Crippen LogP contribution in [0.1, 0.15) is 30.0 Å². The van der Waals surface area contributed by atoms with E-state index in [2.05, 4.69) is 0 Å². The van der Waals surface area contributed by atoms with E-state index in [4.69, 9.17) is 22.4 Å². The SMILES string of the molecule is Cc1c(Cl)cccc1C(N)CCC(=O)O. The van der Waals surface area contributed by atoms with Gasteiger partial charge in [-0.25, -0.2) is 0 Å². The fourth-order valence-corrected chi connectivity index (χ4v) is 1.64. The third kappa shape index (κ3) is 3.22. The molecule has 0 aliphatic carbocycles. The van der Waals surface area contributed by atoms with Crippen molar-refractivity contribution >= 4 is 17.6 Å². The monoisotopic (exact) mass is 227 g/mol. The quantitative estimate of drug-likeness (QED) is 0.831. The number of carboxylic acids is 1. The van der Waals surface area contributed by atoms with Crippen LogP contribution in [0.2, 0.25) is 5.02 Å². The molecule has 0 aliphatic rings. The van der Waals surface area contributed by atoms with Gasteiger partial charge in [0.1, 0.15) is 0 Å². The van der Waals surface area contributed by atoms with Gasteiger partial charge in [0.25, 0.3) is 0 Å². The standard InChI is InChI=1S/C11H14ClNO2/c1-7-8(3-2-4-9(7)12)10(13)5-6-11(14)15/h2-4,10H,5-6,13H2,1H3,(H,14,15). The van der Waals surface area contributed by atoms with Crippen LogP contribution in [0.5, 0.6) is 0 Å². The van der Waals surface area contributed by atoms with Gasteiger partial charge in [-0.1, -0.05) is 23.7 Å². The van der Waals surface area contributed by atoms with Crippen molar-refractivity contribution in [1.29, 1.82) is 0 Å². The second kappa shape index (κ2) is 5.14. The van der Waals surface area contributed by atoms with Crippen LogP contribution in [0.3, 0.4) is 0 Å². The zero-order chi connectivity index (χ0) is 11.4. The first kappa shape index (κ1) is 12.0. The maximum absolute atomic E-state index is 10.4. The van der Waals surface area contributed by atoms with E-state index in [0.29, 0.717) is 11.4 Å². The first-order valence-electron chi connectivity index (χ1n) is 4.74. The van der Waals surface area contributed by atoms with Gasteiger partial charge in [0.05, 0.1) is 0 Å². The second-order valence-corrected chi connectivity index (χ2v) is 3.90. The summed E-state index contributed by atoms with van der Waals surface area (Å²) in [4.78, 5) is 10.4. The predicted octanol–water partition coefficient (Wildman–Crippen LogP) is 2.51. The van der Waals surface area contributed by atoms with Gasteiger partial charge in [-0.05, 0) is 30.5 Å². The smallest absolute Gasteiger partial charge is 0.303 e. The Bertz CT molecular complexity index is 366. The van der Waals surface area contributed by atoms with Crippen molar-refractivity contribution < 1.29 is 9.90 Å². The molecule has 0 spiro atoms. The topological polar surface area (TPSA) is 63.3 Å². The van der Waals surface area contributed by atoms with Crippen LogP contribution in [0.4, 0.5) is 0 Å².